The lowest BCUT2D eigenvalue weighted by Crippen LogP contribution is -2.38. The van der Waals surface area contributed by atoms with Crippen LogP contribution >= 0.6 is 0 Å². The molecule has 0 amide bonds. The average Bonchev–Trinajstić information content (AvgIpc) is 2.25. The third kappa shape index (κ3) is 17.7. The summed E-state index contributed by atoms with van der Waals surface area (Å²) < 4.78 is 0. The normalized spacial score (nSPS) is 13.1. The first-order valence-electron chi connectivity index (χ1n) is 6.32. The molecule has 0 saturated heterocycles. The Morgan fingerprint density at radius 1 is 0.842 bits per heavy atom. The van der Waals surface area contributed by atoms with Gasteiger partial charge >= 0.3 is 0 Å². The number of rotatable bonds is 8. The first-order valence-corrected chi connectivity index (χ1v) is 6.32. The summed E-state index contributed by atoms with van der Waals surface area (Å²) in [5.74, 6) is 0. The van der Waals surface area contributed by atoms with E-state index in [9.17, 15) is 0 Å². The molecule has 0 radical (unpaired) electrons. The summed E-state index contributed by atoms with van der Waals surface area (Å²) in [5.41, 5.74) is 0. The maximum atomic E-state index is 8.40. The van der Waals surface area contributed by atoms with E-state index in [1.165, 1.54) is 19.5 Å². The van der Waals surface area contributed by atoms with Crippen molar-refractivity contribution in [1.82, 2.24) is 20.3 Å². The van der Waals surface area contributed by atoms with Crippen LogP contribution in [0.2, 0.25) is 0 Å². The lowest BCUT2D eigenvalue weighted by Gasteiger charge is -2.19. The van der Waals surface area contributed by atoms with Crippen molar-refractivity contribution in [3.63, 3.8) is 0 Å². The van der Waals surface area contributed by atoms with Crippen molar-refractivity contribution in [3.8, 4) is 0 Å². The monoisotopic (exact) mass is 282 g/mol. The highest BCUT2D eigenvalue weighted by Gasteiger charge is 2.14. The molecule has 0 aliphatic carbocycles. The van der Waals surface area contributed by atoms with Gasteiger partial charge in [0.2, 0.25) is 0 Å². The lowest BCUT2D eigenvalue weighted by molar-refractivity contribution is -0.367. The minimum absolute atomic E-state index is 0.0422. The molecule has 0 spiro atoms. The molecule has 118 valence electrons. The third-order valence-electron chi connectivity index (χ3n) is 2.38. The first-order chi connectivity index (χ1) is 8.70. The molecule has 0 heterocycles. The minimum Gasteiger partial charge on any atom is -0.309 e. The zero-order valence-electron chi connectivity index (χ0n) is 12.7. The summed E-state index contributed by atoms with van der Waals surface area (Å²) in [6.45, 7) is 3.84. The van der Waals surface area contributed by atoms with Crippen LogP contribution in [0.1, 0.15) is 19.8 Å². The molecule has 0 fully saturated rings. The number of hydrogen-bond acceptors (Lipinski definition) is 8. The van der Waals surface area contributed by atoms with Gasteiger partial charge in [0, 0.05) is 0 Å². The summed E-state index contributed by atoms with van der Waals surface area (Å²) in [6.07, 6.45) is 1.67. The van der Waals surface area contributed by atoms with Gasteiger partial charge in [0.15, 0.2) is 0 Å². The SMILES string of the molecule is CCC(CN(O)O)N(O)O.CN(C)CCCN(C)C. The van der Waals surface area contributed by atoms with E-state index in [0.29, 0.717) is 6.42 Å². The highest BCUT2D eigenvalue weighted by atomic mass is 16.8. The van der Waals surface area contributed by atoms with Crippen LogP contribution in [-0.4, -0.2) is 94.9 Å². The molecular formula is C11H30N4O4. The molecule has 0 saturated carbocycles. The van der Waals surface area contributed by atoms with Crippen LogP contribution in [0, 0.1) is 0 Å². The second-order valence-electron chi connectivity index (χ2n) is 4.90. The van der Waals surface area contributed by atoms with Gasteiger partial charge in [-0.15, -0.1) is 0 Å². The summed E-state index contributed by atoms with van der Waals surface area (Å²) >= 11 is 0. The van der Waals surface area contributed by atoms with Crippen LogP contribution in [0.25, 0.3) is 0 Å². The first kappa shape index (κ1) is 21.0. The molecule has 1 atom stereocenters. The topological polar surface area (TPSA) is 93.9 Å². The van der Waals surface area contributed by atoms with Crippen LogP contribution in [0.4, 0.5) is 0 Å². The summed E-state index contributed by atoms with van der Waals surface area (Å²) in [6, 6.07) is -0.685. The average molecular weight is 282 g/mol. The molecule has 0 bridgehead atoms. The molecule has 0 rings (SSSR count). The summed E-state index contributed by atoms with van der Waals surface area (Å²) in [4.78, 5) is 4.42. The van der Waals surface area contributed by atoms with Gasteiger partial charge in [0.1, 0.15) is 0 Å². The lowest BCUT2D eigenvalue weighted by atomic mass is 10.2. The second-order valence-corrected chi connectivity index (χ2v) is 4.90. The summed E-state index contributed by atoms with van der Waals surface area (Å²) in [5, 5.41) is 33.2. The Morgan fingerprint density at radius 3 is 1.42 bits per heavy atom. The molecule has 0 aliphatic heterocycles. The van der Waals surface area contributed by atoms with Gasteiger partial charge in [0.25, 0.3) is 0 Å². The Hall–Kier alpha value is -0.320. The number of nitrogens with zero attached hydrogens (tertiary/aromatic N) is 4. The Balaban J connectivity index is 0. The zero-order chi connectivity index (χ0) is 15.4. The van der Waals surface area contributed by atoms with Crippen LogP contribution in [-0.2, 0) is 0 Å². The van der Waals surface area contributed by atoms with Crippen molar-refractivity contribution in [2.24, 2.45) is 0 Å². The zero-order valence-corrected chi connectivity index (χ0v) is 12.7. The van der Waals surface area contributed by atoms with Gasteiger partial charge in [-0.2, -0.15) is 0 Å². The minimum atomic E-state index is -0.685. The van der Waals surface area contributed by atoms with E-state index < -0.39 is 6.04 Å². The fraction of sp³-hybridized carbons (Fsp3) is 1.00. The maximum absolute atomic E-state index is 8.40. The van der Waals surface area contributed by atoms with Crippen molar-refractivity contribution in [1.29, 1.82) is 0 Å². The quantitative estimate of drug-likeness (QED) is 0.476. The molecule has 19 heavy (non-hydrogen) atoms. The Bertz CT molecular complexity index is 184. The highest BCUT2D eigenvalue weighted by molar-refractivity contribution is 4.57. The summed E-state index contributed by atoms with van der Waals surface area (Å²) in [7, 11) is 8.43. The van der Waals surface area contributed by atoms with Gasteiger partial charge in [-0.05, 0) is 54.1 Å². The number of hydroxylamine groups is 4. The molecular weight excluding hydrogens is 252 g/mol. The van der Waals surface area contributed by atoms with Gasteiger partial charge < -0.3 is 9.80 Å². The molecule has 8 nitrogen and oxygen atoms in total. The Labute approximate surface area is 115 Å². The maximum Gasteiger partial charge on any atom is 0.0795 e. The standard InChI is InChI=1S/C7H18N2.C4H12N2O4/c1-8(2)6-5-7-9(3)4;1-2-4(6(9)10)3-5(7)8/h5-7H2,1-4H3;4,7-10H,2-3H2,1H3. The van der Waals surface area contributed by atoms with Crippen LogP contribution in [0.15, 0.2) is 0 Å². The third-order valence-corrected chi connectivity index (χ3v) is 2.38. The van der Waals surface area contributed by atoms with Gasteiger partial charge in [0.05, 0.1) is 12.6 Å². The molecule has 4 N–H and O–H groups in total. The molecule has 1 unspecified atom stereocenters. The Kier molecular flexibility index (Phi) is 14.0. The van der Waals surface area contributed by atoms with Crippen molar-refractivity contribution < 1.29 is 20.8 Å². The number of hydrogen-bond donors (Lipinski definition) is 4. The van der Waals surface area contributed by atoms with Gasteiger partial charge in [-0.3, -0.25) is 20.8 Å². The molecule has 0 aromatic carbocycles. The van der Waals surface area contributed by atoms with Gasteiger partial charge in [-0.1, -0.05) is 17.4 Å². The van der Waals surface area contributed by atoms with E-state index in [1.807, 2.05) is 0 Å². The van der Waals surface area contributed by atoms with E-state index >= 15 is 0 Å². The van der Waals surface area contributed by atoms with Crippen LogP contribution in [0.5, 0.6) is 0 Å². The second kappa shape index (κ2) is 12.7. The van der Waals surface area contributed by atoms with E-state index in [4.69, 9.17) is 20.8 Å². The van der Waals surface area contributed by atoms with Gasteiger partial charge in [-0.25, -0.2) is 0 Å². The van der Waals surface area contributed by atoms with Crippen molar-refractivity contribution in [3.05, 3.63) is 0 Å². The van der Waals surface area contributed by atoms with Crippen molar-refractivity contribution in [2.75, 3.05) is 47.8 Å². The predicted molar refractivity (Wildman–Crippen MR) is 71.5 cm³/mol. The fourth-order valence-electron chi connectivity index (χ4n) is 1.26. The molecule has 8 heteroatoms. The van der Waals surface area contributed by atoms with E-state index in [2.05, 4.69) is 38.0 Å². The largest absolute Gasteiger partial charge is 0.309 e. The smallest absolute Gasteiger partial charge is 0.0795 e. The van der Waals surface area contributed by atoms with Crippen molar-refractivity contribution >= 4 is 0 Å². The van der Waals surface area contributed by atoms with Crippen LogP contribution < -0.4 is 0 Å². The van der Waals surface area contributed by atoms with E-state index in [-0.39, 0.29) is 17.0 Å². The molecule has 0 aromatic rings. The predicted octanol–water partition coefficient (Wildman–Crippen LogP) is 0.426. The van der Waals surface area contributed by atoms with E-state index in [0.717, 1.165) is 0 Å². The van der Waals surface area contributed by atoms with E-state index in [1.54, 1.807) is 6.92 Å². The molecule has 0 aromatic heterocycles. The molecule has 0 aliphatic rings. The fourth-order valence-corrected chi connectivity index (χ4v) is 1.26. The van der Waals surface area contributed by atoms with Crippen LogP contribution in [0.3, 0.4) is 0 Å². The van der Waals surface area contributed by atoms with Crippen molar-refractivity contribution in [2.45, 2.75) is 25.8 Å². The highest BCUT2D eigenvalue weighted by Crippen LogP contribution is 1.98. The Morgan fingerprint density at radius 2 is 1.26 bits per heavy atom.